The van der Waals surface area contributed by atoms with Crippen LogP contribution in [-0.2, 0) is 34.1 Å². The van der Waals surface area contributed by atoms with Crippen LogP contribution >= 0.6 is 0 Å². The molecule has 0 bridgehead atoms. The van der Waals surface area contributed by atoms with Crippen LogP contribution in [0.3, 0.4) is 0 Å². The second kappa shape index (κ2) is 9.59. The zero-order chi connectivity index (χ0) is 22.8. The summed E-state index contributed by atoms with van der Waals surface area (Å²) in [6, 6.07) is 16.2. The minimum atomic E-state index is -3.49. The molecule has 0 saturated carbocycles. The number of carbonyl (C=O) groups is 1. The topological polar surface area (TPSA) is 57.7 Å². The molecule has 0 N–H and O–H groups in total. The third kappa shape index (κ3) is 4.87. The summed E-state index contributed by atoms with van der Waals surface area (Å²) in [6.45, 7) is 2.51. The highest BCUT2D eigenvalue weighted by atomic mass is 32.2. The molecule has 0 atom stereocenters. The average Bonchev–Trinajstić information content (AvgIpc) is 3.33. The molecule has 2 heterocycles. The Balaban J connectivity index is 1.13. The zero-order valence-electron chi connectivity index (χ0n) is 19.3. The minimum absolute atomic E-state index is 0.0536. The Morgan fingerprint density at radius 1 is 0.848 bits per heavy atom. The third-order valence-electron chi connectivity index (χ3n) is 7.80. The molecule has 176 valence electrons. The van der Waals surface area contributed by atoms with E-state index in [1.165, 1.54) is 16.7 Å². The summed E-state index contributed by atoms with van der Waals surface area (Å²) in [4.78, 5) is 15.6. The molecule has 0 spiro atoms. The van der Waals surface area contributed by atoms with Gasteiger partial charge in [-0.05, 0) is 86.1 Å². The van der Waals surface area contributed by atoms with Crippen molar-refractivity contribution in [2.75, 3.05) is 26.2 Å². The molecule has 5 nitrogen and oxygen atoms in total. The third-order valence-corrected chi connectivity index (χ3v) is 9.70. The lowest BCUT2D eigenvalue weighted by molar-refractivity contribution is -0.138. The minimum Gasteiger partial charge on any atom is -0.342 e. The number of aryl methyl sites for hydroxylation is 2. The Morgan fingerprint density at radius 3 is 2.27 bits per heavy atom. The highest BCUT2D eigenvalue weighted by molar-refractivity contribution is 7.89. The SMILES string of the molecule is O=C(C1CCN(S(=O)(=O)c2ccc3c(c2)CCC3)CC1)N1CCC(Cc2ccccc2)CC1. The summed E-state index contributed by atoms with van der Waals surface area (Å²) in [5, 5.41) is 0. The van der Waals surface area contributed by atoms with Crippen LogP contribution < -0.4 is 0 Å². The van der Waals surface area contributed by atoms with E-state index in [9.17, 15) is 13.2 Å². The Hall–Kier alpha value is -2.18. The summed E-state index contributed by atoms with van der Waals surface area (Å²) in [5.41, 5.74) is 3.84. The van der Waals surface area contributed by atoms with Gasteiger partial charge in [0.1, 0.15) is 0 Å². The van der Waals surface area contributed by atoms with Gasteiger partial charge in [0.2, 0.25) is 15.9 Å². The fourth-order valence-electron chi connectivity index (χ4n) is 5.76. The molecule has 2 aromatic rings. The first-order valence-corrected chi connectivity index (χ1v) is 13.9. The molecule has 1 aliphatic carbocycles. The van der Waals surface area contributed by atoms with Crippen LogP contribution in [0.15, 0.2) is 53.4 Å². The number of likely N-dealkylation sites (tertiary alicyclic amines) is 1. The van der Waals surface area contributed by atoms with Crippen molar-refractivity contribution in [3.05, 3.63) is 65.2 Å². The van der Waals surface area contributed by atoms with Gasteiger partial charge in [0.15, 0.2) is 0 Å². The highest BCUT2D eigenvalue weighted by Gasteiger charge is 2.35. The van der Waals surface area contributed by atoms with Gasteiger partial charge in [0.05, 0.1) is 4.90 Å². The van der Waals surface area contributed by atoms with Crippen LogP contribution in [0.1, 0.15) is 48.8 Å². The number of fused-ring (bicyclic) bond motifs is 1. The highest BCUT2D eigenvalue weighted by Crippen LogP contribution is 2.30. The lowest BCUT2D eigenvalue weighted by atomic mass is 9.89. The summed E-state index contributed by atoms with van der Waals surface area (Å²) in [7, 11) is -3.49. The smallest absolute Gasteiger partial charge is 0.243 e. The first-order chi connectivity index (χ1) is 16.0. The Labute approximate surface area is 197 Å². The molecule has 0 radical (unpaired) electrons. The van der Waals surface area contributed by atoms with Gasteiger partial charge < -0.3 is 4.90 Å². The van der Waals surface area contributed by atoms with Crippen LogP contribution in [0.2, 0.25) is 0 Å². The molecule has 0 aromatic heterocycles. The fourth-order valence-corrected chi connectivity index (χ4v) is 7.28. The number of piperidine rings is 2. The largest absolute Gasteiger partial charge is 0.342 e. The van der Waals surface area contributed by atoms with Crippen LogP contribution in [0, 0.1) is 11.8 Å². The van der Waals surface area contributed by atoms with Crippen LogP contribution in [0.5, 0.6) is 0 Å². The standard InChI is InChI=1S/C27H34N2O3S/c30-27(28-15-11-22(12-16-28)19-21-5-2-1-3-6-21)24-13-17-29(18-14-24)33(31,32)26-10-9-23-7-4-8-25(23)20-26/h1-3,5-6,9-10,20,22,24H,4,7-8,11-19H2. The van der Waals surface area contributed by atoms with E-state index >= 15 is 0 Å². The maximum absolute atomic E-state index is 13.2. The number of nitrogens with zero attached hydrogens (tertiary/aromatic N) is 2. The van der Waals surface area contributed by atoms with E-state index in [0.717, 1.165) is 51.6 Å². The molecule has 3 aliphatic rings. The molecule has 2 aromatic carbocycles. The van der Waals surface area contributed by atoms with E-state index in [4.69, 9.17) is 0 Å². The van der Waals surface area contributed by atoms with Gasteiger partial charge in [0, 0.05) is 32.1 Å². The number of hydrogen-bond acceptors (Lipinski definition) is 3. The molecule has 2 aliphatic heterocycles. The maximum atomic E-state index is 13.2. The summed E-state index contributed by atoms with van der Waals surface area (Å²) >= 11 is 0. The van der Waals surface area contributed by atoms with Gasteiger partial charge in [-0.3, -0.25) is 4.79 Å². The number of amides is 1. The average molecular weight is 467 g/mol. The van der Waals surface area contributed by atoms with E-state index in [1.807, 2.05) is 23.1 Å². The zero-order valence-corrected chi connectivity index (χ0v) is 20.1. The lowest BCUT2D eigenvalue weighted by Gasteiger charge is -2.37. The van der Waals surface area contributed by atoms with E-state index in [-0.39, 0.29) is 11.8 Å². The first kappa shape index (κ1) is 22.6. The molecule has 5 rings (SSSR count). The number of benzene rings is 2. The van der Waals surface area contributed by atoms with Crippen molar-refractivity contribution >= 4 is 15.9 Å². The lowest BCUT2D eigenvalue weighted by Crippen LogP contribution is -2.46. The van der Waals surface area contributed by atoms with Crippen molar-refractivity contribution in [1.29, 1.82) is 0 Å². The van der Waals surface area contributed by atoms with Crippen molar-refractivity contribution in [2.24, 2.45) is 11.8 Å². The Kier molecular flexibility index (Phi) is 6.57. The Bertz CT molecular complexity index is 1080. The molecule has 0 unspecified atom stereocenters. The normalized spacial score (nSPS) is 20.7. The van der Waals surface area contributed by atoms with Crippen molar-refractivity contribution in [3.63, 3.8) is 0 Å². The van der Waals surface area contributed by atoms with Gasteiger partial charge in [0.25, 0.3) is 0 Å². The number of carbonyl (C=O) groups excluding carboxylic acids is 1. The number of rotatable bonds is 5. The van der Waals surface area contributed by atoms with Crippen LogP contribution in [0.25, 0.3) is 0 Å². The molecular formula is C27H34N2O3S. The van der Waals surface area contributed by atoms with Crippen molar-refractivity contribution < 1.29 is 13.2 Å². The second-order valence-electron chi connectivity index (χ2n) is 9.92. The molecule has 2 fully saturated rings. The summed E-state index contributed by atoms with van der Waals surface area (Å²) in [5.74, 6) is 0.806. The second-order valence-corrected chi connectivity index (χ2v) is 11.9. The molecule has 2 saturated heterocycles. The molecular weight excluding hydrogens is 432 g/mol. The van der Waals surface area contributed by atoms with Crippen molar-refractivity contribution in [1.82, 2.24) is 9.21 Å². The molecule has 1 amide bonds. The van der Waals surface area contributed by atoms with Gasteiger partial charge in [-0.1, -0.05) is 36.4 Å². The van der Waals surface area contributed by atoms with Gasteiger partial charge >= 0.3 is 0 Å². The van der Waals surface area contributed by atoms with Gasteiger partial charge in [-0.15, -0.1) is 0 Å². The Morgan fingerprint density at radius 2 is 1.55 bits per heavy atom. The fraction of sp³-hybridized carbons (Fsp3) is 0.519. The van der Waals surface area contributed by atoms with Crippen molar-refractivity contribution in [3.8, 4) is 0 Å². The molecule has 33 heavy (non-hydrogen) atoms. The van der Waals surface area contributed by atoms with Gasteiger partial charge in [-0.2, -0.15) is 4.31 Å². The van der Waals surface area contributed by atoms with Crippen LogP contribution in [0.4, 0.5) is 0 Å². The predicted octanol–water partition coefficient (Wildman–Crippen LogP) is 4.06. The maximum Gasteiger partial charge on any atom is 0.243 e. The quantitative estimate of drug-likeness (QED) is 0.668. The monoisotopic (exact) mass is 466 g/mol. The first-order valence-electron chi connectivity index (χ1n) is 12.5. The van der Waals surface area contributed by atoms with Crippen LogP contribution in [-0.4, -0.2) is 49.7 Å². The van der Waals surface area contributed by atoms with E-state index in [1.54, 1.807) is 10.4 Å². The number of sulfonamides is 1. The van der Waals surface area contributed by atoms with E-state index in [2.05, 4.69) is 24.3 Å². The summed E-state index contributed by atoms with van der Waals surface area (Å²) in [6.07, 6.45) is 7.54. The predicted molar refractivity (Wildman–Crippen MR) is 129 cm³/mol. The number of hydrogen-bond donors (Lipinski definition) is 0. The van der Waals surface area contributed by atoms with Crippen molar-refractivity contribution in [2.45, 2.75) is 56.3 Å². The summed E-state index contributed by atoms with van der Waals surface area (Å²) < 4.78 is 27.9. The molecule has 6 heteroatoms. The van der Waals surface area contributed by atoms with E-state index in [0.29, 0.717) is 36.7 Å². The van der Waals surface area contributed by atoms with Gasteiger partial charge in [-0.25, -0.2) is 8.42 Å². The van der Waals surface area contributed by atoms with E-state index < -0.39 is 10.0 Å².